The molecule has 3 heteroatoms. The number of rotatable bonds is 5. The molecule has 1 nitrogen and oxygen atoms in total. The Hall–Kier alpha value is -0.0500. The predicted octanol–water partition coefficient (Wildman–Crippen LogP) is 3.65. The molecule has 14 heavy (non-hydrogen) atoms. The molecule has 2 rings (SSSR count). The van der Waals surface area contributed by atoms with Crippen molar-refractivity contribution in [2.24, 2.45) is 0 Å². The van der Waals surface area contributed by atoms with E-state index in [0.717, 1.165) is 17.6 Å². The lowest BCUT2D eigenvalue weighted by Gasteiger charge is -2.10. The summed E-state index contributed by atoms with van der Waals surface area (Å²) in [7, 11) is 0. The number of hydrogen-bond acceptors (Lipinski definition) is 2. The van der Waals surface area contributed by atoms with Gasteiger partial charge in [-0.05, 0) is 43.2 Å². The number of hydrogen-bond donors (Lipinski definition) is 1. The fourth-order valence-electron chi connectivity index (χ4n) is 1.58. The van der Waals surface area contributed by atoms with Crippen molar-refractivity contribution in [3.05, 3.63) is 21.3 Å². The molecule has 1 fully saturated rings. The van der Waals surface area contributed by atoms with Crippen LogP contribution in [0.4, 0.5) is 0 Å². The minimum absolute atomic E-state index is 0.591. The Morgan fingerprint density at radius 3 is 3.00 bits per heavy atom. The smallest absolute Gasteiger partial charge is 0.0547 e. The summed E-state index contributed by atoms with van der Waals surface area (Å²) in [4.78, 5) is 1.34. The van der Waals surface area contributed by atoms with Crippen LogP contribution in [0.25, 0.3) is 0 Å². The number of nitrogens with one attached hydrogen (secondary N) is 1. The molecule has 1 unspecified atom stereocenters. The van der Waals surface area contributed by atoms with Crippen molar-refractivity contribution in [3.63, 3.8) is 0 Å². The second kappa shape index (κ2) is 4.65. The molecule has 1 saturated carbocycles. The quantitative estimate of drug-likeness (QED) is 0.813. The molecule has 78 valence electrons. The van der Waals surface area contributed by atoms with E-state index in [1.54, 1.807) is 11.3 Å². The Balaban J connectivity index is 1.76. The van der Waals surface area contributed by atoms with Crippen LogP contribution in [0.5, 0.6) is 0 Å². The molecule has 0 saturated heterocycles. The molecule has 0 aromatic carbocycles. The Bertz CT molecular complexity index is 293. The maximum absolute atomic E-state index is 6.08. The van der Waals surface area contributed by atoms with Crippen LogP contribution >= 0.6 is 22.9 Å². The van der Waals surface area contributed by atoms with Gasteiger partial charge in [0.1, 0.15) is 0 Å². The van der Waals surface area contributed by atoms with Gasteiger partial charge < -0.3 is 5.32 Å². The third-order valence-corrected chi connectivity index (χ3v) is 4.27. The molecular weight excluding hydrogens is 214 g/mol. The molecule has 1 heterocycles. The molecule has 1 aromatic rings. The molecule has 0 bridgehead atoms. The van der Waals surface area contributed by atoms with Crippen LogP contribution in [-0.2, 0) is 0 Å². The SMILES string of the molecule is CC(CCNC1CC1)c1sccc1Cl. The van der Waals surface area contributed by atoms with Gasteiger partial charge in [-0.3, -0.25) is 0 Å². The fraction of sp³-hybridized carbons (Fsp3) is 0.636. The average molecular weight is 230 g/mol. The first-order valence-electron chi connectivity index (χ1n) is 5.23. The third-order valence-electron chi connectivity index (χ3n) is 2.68. The van der Waals surface area contributed by atoms with Gasteiger partial charge in [-0.2, -0.15) is 0 Å². The molecule has 0 amide bonds. The van der Waals surface area contributed by atoms with E-state index in [1.165, 1.54) is 24.1 Å². The van der Waals surface area contributed by atoms with Crippen LogP contribution in [-0.4, -0.2) is 12.6 Å². The fourth-order valence-corrected chi connectivity index (χ4v) is 2.92. The summed E-state index contributed by atoms with van der Waals surface area (Å²) < 4.78 is 0. The van der Waals surface area contributed by atoms with Crippen molar-refractivity contribution < 1.29 is 0 Å². The molecular formula is C11H16ClNS. The second-order valence-electron chi connectivity index (χ2n) is 4.05. The van der Waals surface area contributed by atoms with Gasteiger partial charge in [-0.15, -0.1) is 11.3 Å². The van der Waals surface area contributed by atoms with Crippen molar-refractivity contribution in [1.29, 1.82) is 0 Å². The number of halogens is 1. The van der Waals surface area contributed by atoms with Gasteiger partial charge in [-0.1, -0.05) is 18.5 Å². The van der Waals surface area contributed by atoms with Gasteiger partial charge in [-0.25, -0.2) is 0 Å². The normalized spacial score (nSPS) is 18.4. The summed E-state index contributed by atoms with van der Waals surface area (Å²) in [5, 5.41) is 6.54. The Labute approximate surface area is 94.5 Å². The zero-order valence-corrected chi connectivity index (χ0v) is 10.00. The predicted molar refractivity (Wildman–Crippen MR) is 63.4 cm³/mol. The van der Waals surface area contributed by atoms with Crippen LogP contribution in [0.2, 0.25) is 5.02 Å². The van der Waals surface area contributed by atoms with E-state index in [0.29, 0.717) is 5.92 Å². The maximum atomic E-state index is 6.08. The van der Waals surface area contributed by atoms with Gasteiger partial charge in [0.25, 0.3) is 0 Å². The van der Waals surface area contributed by atoms with Crippen LogP contribution < -0.4 is 5.32 Å². The minimum atomic E-state index is 0.591. The van der Waals surface area contributed by atoms with E-state index in [2.05, 4.69) is 17.6 Å². The van der Waals surface area contributed by atoms with Crippen LogP contribution in [0, 0.1) is 0 Å². The summed E-state index contributed by atoms with van der Waals surface area (Å²) >= 11 is 7.85. The highest BCUT2D eigenvalue weighted by Gasteiger charge is 2.20. The third kappa shape index (κ3) is 2.72. The minimum Gasteiger partial charge on any atom is -0.314 e. The molecule has 1 atom stereocenters. The van der Waals surface area contributed by atoms with Crippen LogP contribution in [0.15, 0.2) is 11.4 Å². The highest BCUT2D eigenvalue weighted by Crippen LogP contribution is 2.31. The Morgan fingerprint density at radius 1 is 1.64 bits per heavy atom. The van der Waals surface area contributed by atoms with Gasteiger partial charge >= 0.3 is 0 Å². The van der Waals surface area contributed by atoms with E-state index in [-0.39, 0.29) is 0 Å². The zero-order valence-electron chi connectivity index (χ0n) is 8.42. The number of thiophene rings is 1. The van der Waals surface area contributed by atoms with Crippen molar-refractivity contribution >= 4 is 22.9 Å². The lowest BCUT2D eigenvalue weighted by Crippen LogP contribution is -2.18. The van der Waals surface area contributed by atoms with Gasteiger partial charge in [0, 0.05) is 10.9 Å². The van der Waals surface area contributed by atoms with Gasteiger partial charge in [0.15, 0.2) is 0 Å². The van der Waals surface area contributed by atoms with E-state index < -0.39 is 0 Å². The molecule has 1 aliphatic rings. The van der Waals surface area contributed by atoms with E-state index >= 15 is 0 Å². The summed E-state index contributed by atoms with van der Waals surface area (Å²) in [6, 6.07) is 2.81. The first-order valence-corrected chi connectivity index (χ1v) is 6.49. The molecule has 0 spiro atoms. The Kier molecular flexibility index (Phi) is 3.47. The van der Waals surface area contributed by atoms with Crippen molar-refractivity contribution in [3.8, 4) is 0 Å². The summed E-state index contributed by atoms with van der Waals surface area (Å²) in [5.41, 5.74) is 0. The average Bonchev–Trinajstić information content (AvgIpc) is 2.87. The maximum Gasteiger partial charge on any atom is 0.0547 e. The van der Waals surface area contributed by atoms with Crippen LogP contribution in [0.3, 0.4) is 0 Å². The zero-order chi connectivity index (χ0) is 9.97. The molecule has 1 N–H and O–H groups in total. The van der Waals surface area contributed by atoms with Gasteiger partial charge in [0.05, 0.1) is 5.02 Å². The standard InChI is InChI=1S/C11H16ClNS/c1-8(4-6-13-9-2-3-9)11-10(12)5-7-14-11/h5,7-9,13H,2-4,6H2,1H3. The molecule has 1 aliphatic carbocycles. The first kappa shape index (κ1) is 10.5. The summed E-state index contributed by atoms with van der Waals surface area (Å²) in [6.45, 7) is 3.38. The van der Waals surface area contributed by atoms with E-state index in [1.807, 2.05) is 6.07 Å². The lowest BCUT2D eigenvalue weighted by atomic mass is 10.1. The van der Waals surface area contributed by atoms with E-state index in [4.69, 9.17) is 11.6 Å². The van der Waals surface area contributed by atoms with Crippen LogP contribution in [0.1, 0.15) is 37.0 Å². The molecule has 0 radical (unpaired) electrons. The molecule has 1 aromatic heterocycles. The highest BCUT2D eigenvalue weighted by molar-refractivity contribution is 7.10. The second-order valence-corrected chi connectivity index (χ2v) is 5.41. The van der Waals surface area contributed by atoms with Crippen molar-refractivity contribution in [1.82, 2.24) is 5.32 Å². The van der Waals surface area contributed by atoms with E-state index in [9.17, 15) is 0 Å². The Morgan fingerprint density at radius 2 is 2.43 bits per heavy atom. The highest BCUT2D eigenvalue weighted by atomic mass is 35.5. The van der Waals surface area contributed by atoms with Crippen molar-refractivity contribution in [2.75, 3.05) is 6.54 Å². The van der Waals surface area contributed by atoms with Gasteiger partial charge in [0.2, 0.25) is 0 Å². The molecule has 0 aliphatic heterocycles. The topological polar surface area (TPSA) is 12.0 Å². The summed E-state index contributed by atoms with van der Waals surface area (Å²) in [6.07, 6.45) is 3.93. The lowest BCUT2D eigenvalue weighted by molar-refractivity contribution is 0.597. The first-order chi connectivity index (χ1) is 6.77. The van der Waals surface area contributed by atoms with Crippen molar-refractivity contribution in [2.45, 2.75) is 38.1 Å². The largest absolute Gasteiger partial charge is 0.314 e. The summed E-state index contributed by atoms with van der Waals surface area (Å²) in [5.74, 6) is 0.591. The monoisotopic (exact) mass is 229 g/mol.